The number of anilines is 1. The smallest absolute Gasteiger partial charge is 0.319 e. The van der Waals surface area contributed by atoms with E-state index in [1.807, 2.05) is 6.92 Å². The van der Waals surface area contributed by atoms with E-state index < -0.39 is 5.91 Å². The predicted molar refractivity (Wildman–Crippen MR) is 103 cm³/mol. The third-order valence-electron chi connectivity index (χ3n) is 3.87. The van der Waals surface area contributed by atoms with E-state index in [0.29, 0.717) is 29.3 Å². The number of primary amides is 1. The van der Waals surface area contributed by atoms with Crippen molar-refractivity contribution in [2.24, 2.45) is 5.73 Å². The standard InChI is InChI=1S/C20H25N3O3/c1-3-4-5-12-22-20(25)23-16-7-9-17(10-8-16)26-18-11-6-15(19(21)24)13-14(18)2/h6-11,13H,3-5,12H2,1-2H3,(H2,21,24)(H2,22,23,25). The Kier molecular flexibility index (Phi) is 7.02. The van der Waals surface area contributed by atoms with Gasteiger partial charge in [-0.05, 0) is 61.4 Å². The van der Waals surface area contributed by atoms with Gasteiger partial charge in [-0.15, -0.1) is 0 Å². The Balaban J connectivity index is 1.91. The van der Waals surface area contributed by atoms with Gasteiger partial charge in [0, 0.05) is 17.8 Å². The lowest BCUT2D eigenvalue weighted by Gasteiger charge is -2.11. The number of nitrogens with two attached hydrogens (primary N) is 1. The van der Waals surface area contributed by atoms with Crippen LogP contribution >= 0.6 is 0 Å². The zero-order valence-corrected chi connectivity index (χ0v) is 15.2. The van der Waals surface area contributed by atoms with E-state index in [1.54, 1.807) is 42.5 Å². The van der Waals surface area contributed by atoms with Crippen LogP contribution in [0.2, 0.25) is 0 Å². The molecule has 4 N–H and O–H groups in total. The number of carbonyl (C=O) groups excluding carboxylic acids is 2. The van der Waals surface area contributed by atoms with Gasteiger partial charge in [-0.3, -0.25) is 4.79 Å². The molecule has 0 aliphatic carbocycles. The molecule has 6 heteroatoms. The second kappa shape index (κ2) is 9.46. The summed E-state index contributed by atoms with van der Waals surface area (Å²) in [5, 5.41) is 5.61. The van der Waals surface area contributed by atoms with Crippen LogP contribution in [0.5, 0.6) is 11.5 Å². The Hall–Kier alpha value is -3.02. The number of hydrogen-bond donors (Lipinski definition) is 3. The first-order chi connectivity index (χ1) is 12.5. The summed E-state index contributed by atoms with van der Waals surface area (Å²) in [5.41, 5.74) is 7.21. The number of aryl methyl sites for hydroxylation is 1. The van der Waals surface area contributed by atoms with Gasteiger partial charge in [-0.25, -0.2) is 4.79 Å². The lowest BCUT2D eigenvalue weighted by molar-refractivity contribution is 0.1000. The van der Waals surface area contributed by atoms with Gasteiger partial charge in [-0.1, -0.05) is 19.8 Å². The van der Waals surface area contributed by atoms with E-state index in [4.69, 9.17) is 10.5 Å². The highest BCUT2D eigenvalue weighted by Gasteiger charge is 2.07. The van der Waals surface area contributed by atoms with Crippen LogP contribution < -0.4 is 21.1 Å². The molecule has 0 unspecified atom stereocenters. The number of nitrogens with one attached hydrogen (secondary N) is 2. The summed E-state index contributed by atoms with van der Waals surface area (Å²) in [5.74, 6) is 0.807. The van der Waals surface area contributed by atoms with Gasteiger partial charge in [0.05, 0.1) is 0 Å². The van der Waals surface area contributed by atoms with Gasteiger partial charge in [0.1, 0.15) is 11.5 Å². The first kappa shape index (κ1) is 19.3. The highest BCUT2D eigenvalue weighted by atomic mass is 16.5. The molecule has 138 valence electrons. The van der Waals surface area contributed by atoms with Gasteiger partial charge in [0.2, 0.25) is 5.91 Å². The van der Waals surface area contributed by atoms with Crippen LogP contribution in [0.3, 0.4) is 0 Å². The summed E-state index contributed by atoms with van der Waals surface area (Å²) < 4.78 is 5.82. The van der Waals surface area contributed by atoms with Crippen LogP contribution in [0.4, 0.5) is 10.5 Å². The van der Waals surface area contributed by atoms with Gasteiger partial charge < -0.3 is 21.1 Å². The number of urea groups is 1. The molecular formula is C20H25N3O3. The van der Waals surface area contributed by atoms with E-state index in [1.165, 1.54) is 0 Å². The summed E-state index contributed by atoms with van der Waals surface area (Å²) in [6, 6.07) is 11.9. The van der Waals surface area contributed by atoms with Gasteiger partial charge in [0.25, 0.3) is 0 Å². The lowest BCUT2D eigenvalue weighted by atomic mass is 10.1. The fourth-order valence-electron chi connectivity index (χ4n) is 2.40. The van der Waals surface area contributed by atoms with E-state index in [-0.39, 0.29) is 6.03 Å². The van der Waals surface area contributed by atoms with Crippen LogP contribution in [-0.4, -0.2) is 18.5 Å². The highest BCUT2D eigenvalue weighted by Crippen LogP contribution is 2.26. The number of amides is 3. The molecule has 3 amide bonds. The Labute approximate surface area is 153 Å². The number of benzene rings is 2. The molecule has 0 heterocycles. The number of rotatable bonds is 8. The van der Waals surface area contributed by atoms with Crippen LogP contribution in [0, 0.1) is 6.92 Å². The Morgan fingerprint density at radius 1 is 1.08 bits per heavy atom. The average Bonchev–Trinajstić information content (AvgIpc) is 2.62. The molecule has 0 atom stereocenters. The molecular weight excluding hydrogens is 330 g/mol. The van der Waals surface area contributed by atoms with Crippen molar-refractivity contribution < 1.29 is 14.3 Å². The van der Waals surface area contributed by atoms with E-state index in [2.05, 4.69) is 17.6 Å². The average molecular weight is 355 g/mol. The fraction of sp³-hybridized carbons (Fsp3) is 0.300. The normalized spacial score (nSPS) is 10.2. The summed E-state index contributed by atoms with van der Waals surface area (Å²) in [4.78, 5) is 23.0. The second-order valence-corrected chi connectivity index (χ2v) is 6.06. The molecule has 0 spiro atoms. The van der Waals surface area contributed by atoms with E-state index >= 15 is 0 Å². The topological polar surface area (TPSA) is 93.4 Å². The van der Waals surface area contributed by atoms with Crippen molar-refractivity contribution in [3.8, 4) is 11.5 Å². The minimum absolute atomic E-state index is 0.215. The molecule has 26 heavy (non-hydrogen) atoms. The van der Waals surface area contributed by atoms with Gasteiger partial charge in [0.15, 0.2) is 0 Å². The number of carbonyl (C=O) groups is 2. The second-order valence-electron chi connectivity index (χ2n) is 6.06. The largest absolute Gasteiger partial charge is 0.457 e. The predicted octanol–water partition coefficient (Wildman–Crippen LogP) is 4.20. The van der Waals surface area contributed by atoms with Crippen molar-refractivity contribution >= 4 is 17.6 Å². The monoisotopic (exact) mass is 355 g/mol. The Bertz CT molecular complexity index is 757. The van der Waals surface area contributed by atoms with Crippen molar-refractivity contribution in [2.45, 2.75) is 33.1 Å². The fourth-order valence-corrected chi connectivity index (χ4v) is 2.40. The zero-order valence-electron chi connectivity index (χ0n) is 15.2. The molecule has 2 aromatic rings. The summed E-state index contributed by atoms with van der Waals surface area (Å²) >= 11 is 0. The van der Waals surface area contributed by atoms with Gasteiger partial charge in [-0.2, -0.15) is 0 Å². The van der Waals surface area contributed by atoms with Crippen molar-refractivity contribution in [1.29, 1.82) is 0 Å². The molecule has 0 bridgehead atoms. The SMILES string of the molecule is CCCCCNC(=O)Nc1ccc(Oc2ccc(C(N)=O)cc2C)cc1. The summed E-state index contributed by atoms with van der Waals surface area (Å²) in [6.07, 6.45) is 3.20. The van der Waals surface area contributed by atoms with Crippen molar-refractivity contribution in [2.75, 3.05) is 11.9 Å². The van der Waals surface area contributed by atoms with Crippen molar-refractivity contribution in [3.05, 3.63) is 53.6 Å². The van der Waals surface area contributed by atoms with Crippen LogP contribution in [0.25, 0.3) is 0 Å². The first-order valence-electron chi connectivity index (χ1n) is 8.73. The van der Waals surface area contributed by atoms with Gasteiger partial charge >= 0.3 is 6.03 Å². The van der Waals surface area contributed by atoms with Crippen LogP contribution in [-0.2, 0) is 0 Å². The molecule has 2 rings (SSSR count). The zero-order chi connectivity index (χ0) is 18.9. The molecule has 2 aromatic carbocycles. The number of unbranched alkanes of at least 4 members (excludes halogenated alkanes) is 2. The van der Waals surface area contributed by atoms with E-state index in [0.717, 1.165) is 24.8 Å². The Morgan fingerprint density at radius 3 is 2.42 bits per heavy atom. The highest BCUT2D eigenvalue weighted by molar-refractivity contribution is 5.93. The maximum atomic E-state index is 11.8. The molecule has 0 aliphatic heterocycles. The molecule has 0 fully saturated rings. The molecule has 0 saturated carbocycles. The number of ether oxygens (including phenoxy) is 1. The minimum atomic E-state index is -0.469. The third kappa shape index (κ3) is 5.81. The van der Waals surface area contributed by atoms with Crippen molar-refractivity contribution in [3.63, 3.8) is 0 Å². The maximum Gasteiger partial charge on any atom is 0.319 e. The van der Waals surface area contributed by atoms with Crippen LogP contribution in [0.1, 0.15) is 42.1 Å². The van der Waals surface area contributed by atoms with E-state index in [9.17, 15) is 9.59 Å². The molecule has 6 nitrogen and oxygen atoms in total. The molecule has 0 aromatic heterocycles. The molecule has 0 aliphatic rings. The third-order valence-corrected chi connectivity index (χ3v) is 3.87. The quantitative estimate of drug-likeness (QED) is 0.620. The minimum Gasteiger partial charge on any atom is -0.457 e. The molecule has 0 saturated heterocycles. The van der Waals surface area contributed by atoms with Crippen molar-refractivity contribution in [1.82, 2.24) is 5.32 Å². The van der Waals surface area contributed by atoms with Crippen LogP contribution in [0.15, 0.2) is 42.5 Å². The summed E-state index contributed by atoms with van der Waals surface area (Å²) in [6.45, 7) is 4.64. The number of hydrogen-bond acceptors (Lipinski definition) is 3. The first-order valence-corrected chi connectivity index (χ1v) is 8.73. The molecule has 0 radical (unpaired) electrons. The maximum absolute atomic E-state index is 11.8. The summed E-state index contributed by atoms with van der Waals surface area (Å²) in [7, 11) is 0. The Morgan fingerprint density at radius 2 is 1.81 bits per heavy atom. The lowest BCUT2D eigenvalue weighted by Crippen LogP contribution is -2.29.